The van der Waals surface area contributed by atoms with Gasteiger partial charge in [0, 0.05) is 5.02 Å². The van der Waals surface area contributed by atoms with E-state index in [2.05, 4.69) is 10.3 Å². The quantitative estimate of drug-likeness (QED) is 0.900. The van der Waals surface area contributed by atoms with Crippen LogP contribution in [0.25, 0.3) is 5.69 Å². The first-order valence-electron chi connectivity index (χ1n) is 4.63. The summed E-state index contributed by atoms with van der Waals surface area (Å²) in [6.45, 7) is 1.62. The van der Waals surface area contributed by atoms with Crippen molar-refractivity contribution in [1.29, 1.82) is 0 Å². The topological polar surface area (TPSA) is 50.9 Å². The fraction of sp³-hybridized carbons (Fsp3) is 0.200. The molecule has 1 aromatic heterocycles. The van der Waals surface area contributed by atoms with Crippen LogP contribution in [0.3, 0.4) is 0 Å². The minimum atomic E-state index is -0.660. The lowest BCUT2D eigenvalue weighted by Crippen LogP contribution is -1.95. The molecule has 16 heavy (non-hydrogen) atoms. The van der Waals surface area contributed by atoms with E-state index >= 15 is 0 Å². The van der Waals surface area contributed by atoms with E-state index in [9.17, 15) is 5.11 Å². The molecule has 0 aliphatic carbocycles. The van der Waals surface area contributed by atoms with E-state index in [-0.39, 0.29) is 0 Å². The highest BCUT2D eigenvalue weighted by Gasteiger charge is 2.10. The first-order valence-corrected chi connectivity index (χ1v) is 5.39. The fourth-order valence-corrected chi connectivity index (χ4v) is 1.62. The molecular formula is C10H9Cl2N3O. The third-order valence-corrected chi connectivity index (χ3v) is 2.65. The summed E-state index contributed by atoms with van der Waals surface area (Å²) >= 11 is 11.9. The van der Waals surface area contributed by atoms with Crippen molar-refractivity contribution in [2.45, 2.75) is 13.0 Å². The van der Waals surface area contributed by atoms with E-state index in [1.54, 1.807) is 31.3 Å². The average Bonchev–Trinajstić information content (AvgIpc) is 2.70. The summed E-state index contributed by atoms with van der Waals surface area (Å²) in [6.07, 6.45) is 0.953. The molecule has 0 radical (unpaired) electrons. The normalized spacial score (nSPS) is 12.8. The molecule has 0 aliphatic heterocycles. The Kier molecular flexibility index (Phi) is 3.14. The van der Waals surface area contributed by atoms with Gasteiger partial charge in [-0.25, -0.2) is 4.68 Å². The van der Waals surface area contributed by atoms with Crippen molar-refractivity contribution in [2.24, 2.45) is 0 Å². The highest BCUT2D eigenvalue weighted by atomic mass is 35.5. The van der Waals surface area contributed by atoms with Crippen molar-refractivity contribution < 1.29 is 5.11 Å². The molecule has 1 unspecified atom stereocenters. The summed E-state index contributed by atoms with van der Waals surface area (Å²) in [4.78, 5) is 0. The van der Waals surface area contributed by atoms with Gasteiger partial charge in [-0.05, 0) is 25.1 Å². The number of aliphatic hydroxyl groups is 1. The predicted molar refractivity (Wildman–Crippen MR) is 62.0 cm³/mol. The van der Waals surface area contributed by atoms with Gasteiger partial charge in [0.15, 0.2) is 0 Å². The number of halogens is 2. The summed E-state index contributed by atoms with van der Waals surface area (Å²) in [7, 11) is 0. The Balaban J connectivity index is 2.46. The van der Waals surface area contributed by atoms with Gasteiger partial charge in [-0.2, -0.15) is 0 Å². The molecule has 0 fully saturated rings. The van der Waals surface area contributed by atoms with Crippen LogP contribution < -0.4 is 0 Å². The van der Waals surface area contributed by atoms with Crippen LogP contribution in [0.1, 0.15) is 18.7 Å². The third-order valence-electron chi connectivity index (χ3n) is 2.09. The van der Waals surface area contributed by atoms with Crippen LogP contribution in [0.4, 0.5) is 0 Å². The molecule has 1 heterocycles. The molecule has 0 bridgehead atoms. The van der Waals surface area contributed by atoms with Gasteiger partial charge in [0.1, 0.15) is 5.69 Å². The molecule has 0 amide bonds. The summed E-state index contributed by atoms with van der Waals surface area (Å²) in [5, 5.41) is 18.1. The van der Waals surface area contributed by atoms with Gasteiger partial charge >= 0.3 is 0 Å². The molecule has 2 rings (SSSR count). The van der Waals surface area contributed by atoms with Crippen LogP contribution in [0.2, 0.25) is 10.0 Å². The predicted octanol–water partition coefficient (Wildman–Crippen LogP) is 2.63. The highest BCUT2D eigenvalue weighted by Crippen LogP contribution is 2.24. The molecule has 84 valence electrons. The number of rotatable bonds is 2. The maximum absolute atomic E-state index is 9.33. The van der Waals surface area contributed by atoms with Crippen LogP contribution in [0.5, 0.6) is 0 Å². The number of hydrogen-bond donors (Lipinski definition) is 1. The molecule has 4 nitrogen and oxygen atoms in total. The molecule has 0 saturated heterocycles. The van der Waals surface area contributed by atoms with Gasteiger partial charge in [0.25, 0.3) is 0 Å². The summed E-state index contributed by atoms with van der Waals surface area (Å²) in [5.74, 6) is 0. The standard InChI is InChI=1S/C10H9Cl2N3O/c1-6(16)9-5-15(14-13-9)10-4-7(11)2-3-8(10)12/h2-6,16H,1H3. The average molecular weight is 258 g/mol. The Hall–Kier alpha value is -1.10. The molecule has 1 aromatic carbocycles. The van der Waals surface area contributed by atoms with Gasteiger partial charge in [-0.15, -0.1) is 5.10 Å². The third kappa shape index (κ3) is 2.19. The van der Waals surface area contributed by atoms with E-state index in [0.29, 0.717) is 21.4 Å². The zero-order valence-electron chi connectivity index (χ0n) is 8.43. The van der Waals surface area contributed by atoms with Gasteiger partial charge in [0.05, 0.1) is 23.0 Å². The number of benzene rings is 1. The van der Waals surface area contributed by atoms with Crippen molar-refractivity contribution in [2.75, 3.05) is 0 Å². The molecule has 0 aliphatic rings. The van der Waals surface area contributed by atoms with Crippen LogP contribution >= 0.6 is 23.2 Å². The molecular weight excluding hydrogens is 249 g/mol. The Morgan fingerprint density at radius 1 is 1.38 bits per heavy atom. The number of aliphatic hydroxyl groups excluding tert-OH is 1. The minimum Gasteiger partial charge on any atom is -0.387 e. The largest absolute Gasteiger partial charge is 0.387 e. The zero-order valence-corrected chi connectivity index (χ0v) is 9.94. The molecule has 1 N–H and O–H groups in total. The van der Waals surface area contributed by atoms with Crippen molar-refractivity contribution in [1.82, 2.24) is 15.0 Å². The number of nitrogens with zero attached hydrogens (tertiary/aromatic N) is 3. The van der Waals surface area contributed by atoms with Crippen LogP contribution in [0, 0.1) is 0 Å². The van der Waals surface area contributed by atoms with Crippen LogP contribution in [0.15, 0.2) is 24.4 Å². The lowest BCUT2D eigenvalue weighted by Gasteiger charge is -2.03. The van der Waals surface area contributed by atoms with Crippen LogP contribution in [-0.2, 0) is 0 Å². The van der Waals surface area contributed by atoms with Crippen molar-refractivity contribution >= 4 is 23.2 Å². The van der Waals surface area contributed by atoms with Crippen molar-refractivity contribution in [3.05, 3.63) is 40.1 Å². The van der Waals surface area contributed by atoms with Gasteiger partial charge in [-0.3, -0.25) is 0 Å². The van der Waals surface area contributed by atoms with Gasteiger partial charge in [0.2, 0.25) is 0 Å². The SMILES string of the molecule is CC(O)c1cn(-c2cc(Cl)ccc2Cl)nn1. The van der Waals surface area contributed by atoms with Gasteiger partial charge in [-0.1, -0.05) is 28.4 Å². The number of hydrogen-bond acceptors (Lipinski definition) is 3. The van der Waals surface area contributed by atoms with Crippen molar-refractivity contribution in [3.8, 4) is 5.69 Å². The van der Waals surface area contributed by atoms with E-state index in [0.717, 1.165) is 0 Å². The molecule has 6 heteroatoms. The smallest absolute Gasteiger partial charge is 0.111 e. The van der Waals surface area contributed by atoms with E-state index in [1.807, 2.05) is 0 Å². The first-order chi connectivity index (χ1) is 7.58. The van der Waals surface area contributed by atoms with Gasteiger partial charge < -0.3 is 5.11 Å². The summed E-state index contributed by atoms with van der Waals surface area (Å²) in [6, 6.07) is 5.06. The summed E-state index contributed by atoms with van der Waals surface area (Å²) in [5.41, 5.74) is 1.12. The Bertz CT molecular complexity index is 511. The lowest BCUT2D eigenvalue weighted by molar-refractivity contribution is 0.194. The monoisotopic (exact) mass is 257 g/mol. The Morgan fingerprint density at radius 3 is 2.75 bits per heavy atom. The Labute approximate surface area is 102 Å². The fourth-order valence-electron chi connectivity index (χ4n) is 1.25. The molecule has 1 atom stereocenters. The second-order valence-corrected chi connectivity index (χ2v) is 4.20. The molecule has 0 spiro atoms. The van der Waals surface area contributed by atoms with Crippen molar-refractivity contribution in [3.63, 3.8) is 0 Å². The number of aromatic nitrogens is 3. The molecule has 2 aromatic rings. The highest BCUT2D eigenvalue weighted by molar-refractivity contribution is 6.34. The Morgan fingerprint density at radius 2 is 2.12 bits per heavy atom. The second kappa shape index (κ2) is 4.41. The zero-order chi connectivity index (χ0) is 11.7. The second-order valence-electron chi connectivity index (χ2n) is 3.36. The molecule has 0 saturated carbocycles. The van der Waals surface area contributed by atoms with E-state index < -0.39 is 6.10 Å². The lowest BCUT2D eigenvalue weighted by atomic mass is 10.3. The van der Waals surface area contributed by atoms with Crippen LogP contribution in [-0.4, -0.2) is 20.1 Å². The minimum absolute atomic E-state index is 0.482. The maximum Gasteiger partial charge on any atom is 0.111 e. The first kappa shape index (κ1) is 11.4. The summed E-state index contributed by atoms with van der Waals surface area (Å²) < 4.78 is 1.48. The van der Waals surface area contributed by atoms with E-state index in [1.165, 1.54) is 4.68 Å². The maximum atomic E-state index is 9.33. The van der Waals surface area contributed by atoms with E-state index in [4.69, 9.17) is 23.2 Å².